The Morgan fingerprint density at radius 3 is 2.58 bits per heavy atom. The minimum Gasteiger partial charge on any atom is -0.302 e. The van der Waals surface area contributed by atoms with Gasteiger partial charge in [-0.05, 0) is 42.9 Å². The molecule has 128 valence electrons. The molecular weight excluding hydrogens is 339 g/mol. The van der Waals surface area contributed by atoms with E-state index in [2.05, 4.69) is 10.2 Å². The maximum absolute atomic E-state index is 12.7. The number of benzene rings is 1. The summed E-state index contributed by atoms with van der Waals surface area (Å²) in [7, 11) is 1.24. The van der Waals surface area contributed by atoms with Crippen molar-refractivity contribution in [3.8, 4) is 0 Å². The van der Waals surface area contributed by atoms with E-state index in [1.165, 1.54) is 24.6 Å². The van der Waals surface area contributed by atoms with Crippen LogP contribution in [0.1, 0.15) is 40.2 Å². The predicted octanol–water partition coefficient (Wildman–Crippen LogP) is 3.69. The van der Waals surface area contributed by atoms with E-state index in [0.717, 1.165) is 35.6 Å². The quantitative estimate of drug-likeness (QED) is 0.620. The molecule has 1 heterocycles. The van der Waals surface area contributed by atoms with Gasteiger partial charge in [0.1, 0.15) is 0 Å². The van der Waals surface area contributed by atoms with Gasteiger partial charge in [0, 0.05) is 12.6 Å². The Kier molecular flexibility index (Phi) is 4.67. The molecule has 3 rings (SSSR count). The van der Waals surface area contributed by atoms with Gasteiger partial charge in [0.2, 0.25) is 5.82 Å². The molecule has 24 heavy (non-hydrogen) atoms. The zero-order chi connectivity index (χ0) is 17.3. The second-order valence-corrected chi connectivity index (χ2v) is 6.71. The topological polar surface area (TPSA) is 47.8 Å². The first-order valence-corrected chi connectivity index (χ1v) is 8.59. The van der Waals surface area contributed by atoms with Crippen LogP contribution in [0.5, 0.6) is 0 Å². The lowest BCUT2D eigenvalue weighted by molar-refractivity contribution is -0.147. The number of aryl methyl sites for hydroxylation is 2. The fourth-order valence-corrected chi connectivity index (χ4v) is 3.61. The monoisotopic (exact) mass is 355 g/mol. The third kappa shape index (κ3) is 3.48. The van der Waals surface area contributed by atoms with Crippen molar-refractivity contribution in [3.05, 3.63) is 40.7 Å². The van der Waals surface area contributed by atoms with Crippen LogP contribution in [0.4, 0.5) is 13.2 Å². The zero-order valence-electron chi connectivity index (χ0n) is 13.1. The molecule has 0 fully saturated rings. The second kappa shape index (κ2) is 6.58. The first-order valence-electron chi connectivity index (χ1n) is 7.60. The maximum atomic E-state index is 12.7. The minimum atomic E-state index is -4.55. The summed E-state index contributed by atoms with van der Waals surface area (Å²) >= 11 is 0.964. The predicted molar refractivity (Wildman–Crippen MR) is 84.1 cm³/mol. The van der Waals surface area contributed by atoms with Gasteiger partial charge in [0.25, 0.3) is 0 Å². The molecule has 0 bridgehead atoms. The number of carbonyl (C=O) groups is 1. The van der Waals surface area contributed by atoms with Crippen LogP contribution in [0.15, 0.2) is 23.4 Å². The molecule has 8 heteroatoms. The first kappa shape index (κ1) is 17.0. The van der Waals surface area contributed by atoms with Crippen LogP contribution in [0.2, 0.25) is 0 Å². The molecule has 0 saturated carbocycles. The number of Topliss-reactive ketones (excluding diaryl/α,β-unsaturated/α-hetero) is 1. The van der Waals surface area contributed by atoms with Crippen molar-refractivity contribution in [2.75, 3.05) is 5.75 Å². The third-order valence-electron chi connectivity index (χ3n) is 4.09. The average Bonchev–Trinajstić information content (AvgIpc) is 2.93. The highest BCUT2D eigenvalue weighted by molar-refractivity contribution is 7.99. The van der Waals surface area contributed by atoms with Crippen molar-refractivity contribution in [1.29, 1.82) is 0 Å². The molecular formula is C16H16F3N3OS. The molecule has 4 nitrogen and oxygen atoms in total. The SMILES string of the molecule is Cn1c(SCC(=O)c2ccc3c(c2)CCCC3)nnc1C(F)(F)F. The summed E-state index contributed by atoms with van der Waals surface area (Å²) in [6.07, 6.45) is -0.245. The van der Waals surface area contributed by atoms with Gasteiger partial charge >= 0.3 is 6.18 Å². The maximum Gasteiger partial charge on any atom is 0.451 e. The first-order chi connectivity index (χ1) is 11.4. The fourth-order valence-electron chi connectivity index (χ4n) is 2.81. The van der Waals surface area contributed by atoms with Crippen LogP contribution in [-0.4, -0.2) is 26.3 Å². The number of fused-ring (bicyclic) bond motifs is 1. The lowest BCUT2D eigenvalue weighted by atomic mass is 9.90. The summed E-state index contributed by atoms with van der Waals surface area (Å²) in [5, 5.41) is 6.75. The number of hydrogen-bond donors (Lipinski definition) is 0. The number of hydrogen-bond acceptors (Lipinski definition) is 4. The highest BCUT2D eigenvalue weighted by atomic mass is 32.2. The van der Waals surface area contributed by atoms with Gasteiger partial charge in [0.15, 0.2) is 10.9 Å². The number of rotatable bonds is 4. The molecule has 0 radical (unpaired) electrons. The Hall–Kier alpha value is -1.83. The van der Waals surface area contributed by atoms with Crippen molar-refractivity contribution >= 4 is 17.5 Å². The van der Waals surface area contributed by atoms with Gasteiger partial charge in [-0.2, -0.15) is 13.2 Å². The normalized spacial score (nSPS) is 14.5. The van der Waals surface area contributed by atoms with E-state index in [4.69, 9.17) is 0 Å². The van der Waals surface area contributed by atoms with E-state index in [1.807, 2.05) is 12.1 Å². The van der Waals surface area contributed by atoms with Crippen molar-refractivity contribution in [2.45, 2.75) is 37.0 Å². The standard InChI is InChI=1S/C16H16F3N3OS/c1-22-14(16(17,18)19)20-21-15(22)24-9-13(23)12-7-6-10-4-2-3-5-11(10)8-12/h6-8H,2-5,9H2,1H3. The van der Waals surface area contributed by atoms with E-state index in [0.29, 0.717) is 5.56 Å². The number of thioether (sulfide) groups is 1. The molecule has 0 N–H and O–H groups in total. The lowest BCUT2D eigenvalue weighted by Crippen LogP contribution is -2.13. The van der Waals surface area contributed by atoms with E-state index in [1.54, 1.807) is 6.07 Å². The van der Waals surface area contributed by atoms with Crippen LogP contribution in [-0.2, 0) is 26.1 Å². The van der Waals surface area contributed by atoms with Gasteiger partial charge < -0.3 is 4.57 Å². The number of aromatic nitrogens is 3. The van der Waals surface area contributed by atoms with Gasteiger partial charge in [-0.25, -0.2) is 0 Å². The van der Waals surface area contributed by atoms with E-state index in [9.17, 15) is 18.0 Å². The van der Waals surface area contributed by atoms with E-state index < -0.39 is 12.0 Å². The molecule has 0 unspecified atom stereocenters. The Morgan fingerprint density at radius 1 is 1.21 bits per heavy atom. The van der Waals surface area contributed by atoms with E-state index >= 15 is 0 Å². The molecule has 0 amide bonds. The zero-order valence-corrected chi connectivity index (χ0v) is 13.9. The highest BCUT2D eigenvalue weighted by Crippen LogP contribution is 2.30. The molecule has 2 aromatic rings. The van der Waals surface area contributed by atoms with Crippen molar-refractivity contribution in [2.24, 2.45) is 7.05 Å². The summed E-state index contributed by atoms with van der Waals surface area (Å²) in [6, 6.07) is 5.69. The Bertz CT molecular complexity index is 770. The molecule has 1 aliphatic rings. The number of nitrogens with zero attached hydrogens (tertiary/aromatic N) is 3. The highest BCUT2D eigenvalue weighted by Gasteiger charge is 2.37. The molecule has 0 atom stereocenters. The van der Waals surface area contributed by atoms with Gasteiger partial charge in [-0.1, -0.05) is 23.9 Å². The Labute approximate surface area is 141 Å². The van der Waals surface area contributed by atoms with Gasteiger partial charge in [-0.15, -0.1) is 10.2 Å². The third-order valence-corrected chi connectivity index (χ3v) is 5.11. The summed E-state index contributed by atoms with van der Waals surface area (Å²) in [5.41, 5.74) is 3.09. The Morgan fingerprint density at radius 2 is 1.92 bits per heavy atom. The molecule has 0 aliphatic heterocycles. The molecule has 1 aromatic heterocycles. The molecule has 0 saturated heterocycles. The van der Waals surface area contributed by atoms with Crippen LogP contribution >= 0.6 is 11.8 Å². The van der Waals surface area contributed by atoms with Gasteiger partial charge in [-0.3, -0.25) is 4.79 Å². The summed E-state index contributed by atoms with van der Waals surface area (Å²) in [5.74, 6) is -1.15. The fraction of sp³-hybridized carbons (Fsp3) is 0.438. The number of halogens is 3. The summed E-state index contributed by atoms with van der Waals surface area (Å²) in [6.45, 7) is 0. The summed E-state index contributed by atoms with van der Waals surface area (Å²) < 4.78 is 38.9. The number of alkyl halides is 3. The second-order valence-electron chi connectivity index (χ2n) is 5.77. The minimum absolute atomic E-state index is 0.0304. The molecule has 0 spiro atoms. The van der Waals surface area contributed by atoms with E-state index in [-0.39, 0.29) is 16.7 Å². The van der Waals surface area contributed by atoms with Gasteiger partial charge in [0.05, 0.1) is 5.75 Å². The van der Waals surface area contributed by atoms with Crippen molar-refractivity contribution < 1.29 is 18.0 Å². The largest absolute Gasteiger partial charge is 0.451 e. The van der Waals surface area contributed by atoms with Crippen LogP contribution in [0.25, 0.3) is 0 Å². The summed E-state index contributed by atoms with van der Waals surface area (Å²) in [4.78, 5) is 12.3. The molecule has 1 aliphatic carbocycles. The number of ketones is 1. The number of carbonyl (C=O) groups excluding carboxylic acids is 1. The average molecular weight is 355 g/mol. The smallest absolute Gasteiger partial charge is 0.302 e. The lowest BCUT2D eigenvalue weighted by Gasteiger charge is -2.16. The Balaban J connectivity index is 1.69. The van der Waals surface area contributed by atoms with Crippen molar-refractivity contribution in [3.63, 3.8) is 0 Å². The van der Waals surface area contributed by atoms with Crippen LogP contribution in [0, 0.1) is 0 Å². The van der Waals surface area contributed by atoms with Crippen LogP contribution in [0.3, 0.4) is 0 Å². The van der Waals surface area contributed by atoms with Crippen LogP contribution < -0.4 is 0 Å². The van der Waals surface area contributed by atoms with Crippen molar-refractivity contribution in [1.82, 2.24) is 14.8 Å². The molecule has 1 aromatic carbocycles.